The summed E-state index contributed by atoms with van der Waals surface area (Å²) >= 11 is 5.76. The predicted octanol–water partition coefficient (Wildman–Crippen LogP) is 1.97. The molecule has 7 heteroatoms. The molecule has 1 unspecified atom stereocenters. The minimum atomic E-state index is -0.742. The number of ether oxygens (including phenoxy) is 3. The van der Waals surface area contributed by atoms with E-state index in [1.807, 2.05) is 0 Å². The van der Waals surface area contributed by atoms with Crippen molar-refractivity contribution in [1.29, 1.82) is 0 Å². The minimum Gasteiger partial charge on any atom is -0.492 e. The average molecular weight is 342 g/mol. The molecule has 0 fully saturated rings. The van der Waals surface area contributed by atoms with Crippen molar-refractivity contribution in [3.63, 3.8) is 0 Å². The molecular weight excluding hydrogens is 322 g/mol. The summed E-state index contributed by atoms with van der Waals surface area (Å²) in [6, 6.07) is 6.89. The third kappa shape index (κ3) is 8.23. The van der Waals surface area contributed by atoms with Crippen LogP contribution in [0, 0.1) is 0 Å². The van der Waals surface area contributed by atoms with Crippen LogP contribution in [0.2, 0.25) is 5.02 Å². The number of amides is 1. The Morgan fingerprint density at radius 1 is 1.35 bits per heavy atom. The molecular formula is C16H20ClNO5. The Labute approximate surface area is 140 Å². The van der Waals surface area contributed by atoms with Gasteiger partial charge in [0.1, 0.15) is 12.4 Å². The van der Waals surface area contributed by atoms with Gasteiger partial charge in [-0.25, -0.2) is 4.79 Å². The lowest BCUT2D eigenvalue weighted by Gasteiger charge is -2.11. The second kappa shape index (κ2) is 10.6. The monoisotopic (exact) mass is 341 g/mol. The third-order valence-corrected chi connectivity index (χ3v) is 2.90. The van der Waals surface area contributed by atoms with Crippen LogP contribution in [0.25, 0.3) is 0 Å². The van der Waals surface area contributed by atoms with Gasteiger partial charge in [0.05, 0.1) is 13.2 Å². The van der Waals surface area contributed by atoms with Crippen LogP contribution in [-0.4, -0.2) is 44.3 Å². The average Bonchev–Trinajstić information content (AvgIpc) is 2.55. The number of esters is 1. The summed E-state index contributed by atoms with van der Waals surface area (Å²) < 4.78 is 15.3. The Hall–Kier alpha value is -2.05. The van der Waals surface area contributed by atoms with Crippen LogP contribution in [0.4, 0.5) is 0 Å². The highest BCUT2D eigenvalue weighted by Crippen LogP contribution is 2.14. The van der Waals surface area contributed by atoms with E-state index in [0.29, 0.717) is 23.9 Å². The molecule has 0 radical (unpaired) electrons. The third-order valence-electron chi connectivity index (χ3n) is 2.65. The fraction of sp³-hybridized carbons (Fsp3) is 0.375. The first kappa shape index (κ1) is 19.0. The number of carbonyl (C=O) groups is 2. The Morgan fingerprint density at radius 2 is 2.04 bits per heavy atom. The lowest BCUT2D eigenvalue weighted by atomic mass is 10.3. The normalized spacial score (nSPS) is 11.4. The van der Waals surface area contributed by atoms with Gasteiger partial charge in [-0.05, 0) is 31.2 Å². The second-order valence-corrected chi connectivity index (χ2v) is 4.96. The molecule has 0 bridgehead atoms. The fourth-order valence-corrected chi connectivity index (χ4v) is 1.60. The Bertz CT molecular complexity index is 518. The molecule has 126 valence electrons. The molecule has 1 aromatic rings. The van der Waals surface area contributed by atoms with E-state index in [0.717, 1.165) is 0 Å². The molecule has 1 atom stereocenters. The number of nitrogens with one attached hydrogen (secondary N) is 1. The molecule has 0 aliphatic heterocycles. The van der Waals surface area contributed by atoms with Gasteiger partial charge in [0.2, 0.25) is 0 Å². The molecule has 0 saturated carbocycles. The van der Waals surface area contributed by atoms with E-state index < -0.39 is 18.0 Å². The van der Waals surface area contributed by atoms with Gasteiger partial charge in [-0.15, -0.1) is 6.58 Å². The number of carbonyl (C=O) groups excluding carboxylic acids is 2. The molecule has 0 heterocycles. The van der Waals surface area contributed by atoms with Crippen LogP contribution in [0.5, 0.6) is 5.75 Å². The summed E-state index contributed by atoms with van der Waals surface area (Å²) in [6.45, 7) is 5.49. The smallest absolute Gasteiger partial charge is 0.335 e. The van der Waals surface area contributed by atoms with Gasteiger partial charge < -0.3 is 19.5 Å². The zero-order chi connectivity index (χ0) is 17.1. The lowest BCUT2D eigenvalue weighted by Crippen LogP contribution is -2.34. The van der Waals surface area contributed by atoms with Gasteiger partial charge >= 0.3 is 5.97 Å². The number of hydrogen-bond acceptors (Lipinski definition) is 5. The molecule has 0 spiro atoms. The molecule has 1 amide bonds. The lowest BCUT2D eigenvalue weighted by molar-refractivity contribution is -0.158. The van der Waals surface area contributed by atoms with Gasteiger partial charge in [-0.1, -0.05) is 17.7 Å². The number of halogens is 1. The van der Waals surface area contributed by atoms with Gasteiger partial charge in [0.15, 0.2) is 12.7 Å². The molecule has 0 aliphatic rings. The number of benzene rings is 1. The molecule has 1 rings (SSSR count). The van der Waals surface area contributed by atoms with Crippen molar-refractivity contribution in [2.24, 2.45) is 0 Å². The first-order chi connectivity index (χ1) is 11.0. The van der Waals surface area contributed by atoms with E-state index in [2.05, 4.69) is 11.9 Å². The molecule has 1 N–H and O–H groups in total. The first-order valence-corrected chi connectivity index (χ1v) is 7.45. The standard InChI is InChI=1S/C16H20ClNO5/c1-3-9-21-12(2)16(20)23-11-15(19)18-8-10-22-14-6-4-13(17)5-7-14/h3-7,12H,1,8-11H2,2H3,(H,18,19). The van der Waals surface area contributed by atoms with Crippen LogP contribution < -0.4 is 10.1 Å². The van der Waals surface area contributed by atoms with Crippen molar-refractivity contribution in [1.82, 2.24) is 5.32 Å². The summed E-state index contributed by atoms with van der Waals surface area (Å²) in [5.41, 5.74) is 0. The summed E-state index contributed by atoms with van der Waals surface area (Å²) in [6.07, 6.45) is 0.783. The highest BCUT2D eigenvalue weighted by molar-refractivity contribution is 6.30. The van der Waals surface area contributed by atoms with Crippen molar-refractivity contribution in [3.8, 4) is 5.75 Å². The quantitative estimate of drug-likeness (QED) is 0.400. The van der Waals surface area contributed by atoms with Crippen molar-refractivity contribution in [2.75, 3.05) is 26.4 Å². The van der Waals surface area contributed by atoms with Gasteiger partial charge in [0, 0.05) is 5.02 Å². The Balaban J connectivity index is 2.13. The fourth-order valence-electron chi connectivity index (χ4n) is 1.48. The minimum absolute atomic E-state index is 0.241. The summed E-state index contributed by atoms with van der Waals surface area (Å²) in [7, 11) is 0. The zero-order valence-electron chi connectivity index (χ0n) is 12.9. The summed E-state index contributed by atoms with van der Waals surface area (Å²) in [5.74, 6) is -0.350. The molecule has 0 aromatic heterocycles. The molecule has 6 nitrogen and oxygen atoms in total. The van der Waals surface area contributed by atoms with Crippen LogP contribution in [0.3, 0.4) is 0 Å². The highest BCUT2D eigenvalue weighted by Gasteiger charge is 2.15. The van der Waals surface area contributed by atoms with E-state index in [9.17, 15) is 9.59 Å². The number of rotatable bonds is 10. The van der Waals surface area contributed by atoms with Crippen LogP contribution in [0.1, 0.15) is 6.92 Å². The van der Waals surface area contributed by atoms with Gasteiger partial charge in [0.25, 0.3) is 5.91 Å². The SMILES string of the molecule is C=CCOC(C)C(=O)OCC(=O)NCCOc1ccc(Cl)cc1. The molecule has 0 saturated heterocycles. The van der Waals surface area contributed by atoms with E-state index in [1.165, 1.54) is 6.08 Å². The van der Waals surface area contributed by atoms with Crippen LogP contribution in [0.15, 0.2) is 36.9 Å². The Morgan fingerprint density at radius 3 is 2.70 bits per heavy atom. The van der Waals surface area contributed by atoms with E-state index in [4.69, 9.17) is 25.8 Å². The maximum atomic E-state index is 11.5. The maximum Gasteiger partial charge on any atom is 0.335 e. The maximum absolute atomic E-state index is 11.5. The van der Waals surface area contributed by atoms with Gasteiger partial charge in [-0.3, -0.25) is 4.79 Å². The predicted molar refractivity (Wildman–Crippen MR) is 86.5 cm³/mol. The first-order valence-electron chi connectivity index (χ1n) is 7.07. The van der Waals surface area contributed by atoms with Crippen molar-refractivity contribution < 1.29 is 23.8 Å². The van der Waals surface area contributed by atoms with Crippen molar-refractivity contribution in [2.45, 2.75) is 13.0 Å². The highest BCUT2D eigenvalue weighted by atomic mass is 35.5. The van der Waals surface area contributed by atoms with Crippen molar-refractivity contribution >= 4 is 23.5 Å². The van der Waals surface area contributed by atoms with Crippen LogP contribution >= 0.6 is 11.6 Å². The van der Waals surface area contributed by atoms with E-state index >= 15 is 0 Å². The molecule has 0 aliphatic carbocycles. The molecule has 23 heavy (non-hydrogen) atoms. The summed E-state index contributed by atoms with van der Waals surface area (Å²) in [4.78, 5) is 23.0. The van der Waals surface area contributed by atoms with E-state index in [1.54, 1.807) is 31.2 Å². The van der Waals surface area contributed by atoms with Crippen LogP contribution in [-0.2, 0) is 19.1 Å². The van der Waals surface area contributed by atoms with E-state index in [-0.39, 0.29) is 13.2 Å². The zero-order valence-corrected chi connectivity index (χ0v) is 13.7. The van der Waals surface area contributed by atoms with Gasteiger partial charge in [-0.2, -0.15) is 0 Å². The van der Waals surface area contributed by atoms with Crippen molar-refractivity contribution in [3.05, 3.63) is 41.9 Å². The topological polar surface area (TPSA) is 73.9 Å². The summed E-state index contributed by atoms with van der Waals surface area (Å²) in [5, 5.41) is 3.20. The Kier molecular flexibility index (Phi) is 8.79. The largest absolute Gasteiger partial charge is 0.492 e. The molecule has 1 aromatic carbocycles. The second-order valence-electron chi connectivity index (χ2n) is 4.52. The number of hydrogen-bond donors (Lipinski definition) is 1.